The van der Waals surface area contributed by atoms with Crippen molar-refractivity contribution in [3.8, 4) is 6.07 Å². The Bertz CT molecular complexity index is 675. The number of rotatable bonds is 3. The molecule has 0 spiro atoms. The summed E-state index contributed by atoms with van der Waals surface area (Å²) in [5, 5.41) is 12.0. The first-order valence-corrected chi connectivity index (χ1v) is 6.75. The molecule has 0 bridgehead atoms. The molecule has 0 radical (unpaired) electrons. The lowest BCUT2D eigenvalue weighted by atomic mass is 10.1. The molecule has 0 aliphatic rings. The van der Waals surface area contributed by atoms with Crippen molar-refractivity contribution in [2.75, 3.05) is 5.32 Å². The van der Waals surface area contributed by atoms with Crippen LogP contribution < -0.4 is 5.32 Å². The topological polar surface area (TPSA) is 35.8 Å². The predicted molar refractivity (Wildman–Crippen MR) is 77.6 cm³/mol. The third-order valence-electron chi connectivity index (χ3n) is 2.64. The summed E-state index contributed by atoms with van der Waals surface area (Å²) in [6.45, 7) is 0.256. The normalized spacial score (nSPS) is 10.2. The minimum atomic E-state index is -0.693. The molecule has 0 saturated carbocycles. The number of nitrogens with one attached hydrogen (secondary N) is 1. The fourth-order valence-corrected chi connectivity index (χ4v) is 2.45. The van der Waals surface area contributed by atoms with Crippen molar-refractivity contribution < 1.29 is 8.78 Å². The molecule has 20 heavy (non-hydrogen) atoms. The molecule has 0 aromatic heterocycles. The molecular formula is C14H8BrClF2N2. The van der Waals surface area contributed by atoms with Gasteiger partial charge in [-0.1, -0.05) is 17.7 Å². The standard InChI is InChI=1S/C14H8BrClF2N2/c15-11-4-10(17)5-13(18)14(11)20-7-9-2-1-8(6-19)3-12(9)16/h1-5,20H,7H2. The van der Waals surface area contributed by atoms with Gasteiger partial charge in [0.05, 0.1) is 17.3 Å². The first-order valence-electron chi connectivity index (χ1n) is 5.58. The SMILES string of the molecule is N#Cc1ccc(CNc2c(F)cc(F)cc2Br)c(Cl)c1. The minimum Gasteiger partial charge on any atom is -0.378 e. The van der Waals surface area contributed by atoms with Crippen LogP contribution in [-0.4, -0.2) is 0 Å². The van der Waals surface area contributed by atoms with Crippen LogP contribution in [0.1, 0.15) is 11.1 Å². The van der Waals surface area contributed by atoms with Crippen LogP contribution in [0.25, 0.3) is 0 Å². The van der Waals surface area contributed by atoms with Crippen LogP contribution in [0.5, 0.6) is 0 Å². The fraction of sp³-hybridized carbons (Fsp3) is 0.0714. The van der Waals surface area contributed by atoms with E-state index in [1.54, 1.807) is 12.1 Å². The Morgan fingerprint density at radius 1 is 1.25 bits per heavy atom. The summed E-state index contributed by atoms with van der Waals surface area (Å²) in [6, 6.07) is 8.79. The smallest absolute Gasteiger partial charge is 0.150 e. The Morgan fingerprint density at radius 2 is 2.00 bits per heavy atom. The maximum Gasteiger partial charge on any atom is 0.150 e. The molecule has 2 nitrogen and oxygen atoms in total. The van der Waals surface area contributed by atoms with Gasteiger partial charge < -0.3 is 5.32 Å². The van der Waals surface area contributed by atoms with Crippen molar-refractivity contribution >= 4 is 33.2 Å². The van der Waals surface area contributed by atoms with E-state index < -0.39 is 11.6 Å². The summed E-state index contributed by atoms with van der Waals surface area (Å²) >= 11 is 9.12. The number of halogens is 4. The van der Waals surface area contributed by atoms with Gasteiger partial charge in [-0.3, -0.25) is 0 Å². The lowest BCUT2D eigenvalue weighted by Crippen LogP contribution is -2.03. The van der Waals surface area contributed by atoms with E-state index in [1.165, 1.54) is 12.1 Å². The molecule has 0 aliphatic heterocycles. The highest BCUT2D eigenvalue weighted by Gasteiger charge is 2.10. The van der Waals surface area contributed by atoms with Crippen molar-refractivity contribution in [2.24, 2.45) is 0 Å². The zero-order chi connectivity index (χ0) is 14.7. The molecule has 0 atom stereocenters. The molecule has 0 heterocycles. The predicted octanol–water partition coefficient (Wildman–Crippen LogP) is 4.86. The van der Waals surface area contributed by atoms with Crippen molar-refractivity contribution in [1.82, 2.24) is 0 Å². The highest BCUT2D eigenvalue weighted by Crippen LogP contribution is 2.28. The quantitative estimate of drug-likeness (QED) is 0.851. The van der Waals surface area contributed by atoms with Gasteiger partial charge in [-0.05, 0) is 39.7 Å². The largest absolute Gasteiger partial charge is 0.378 e. The van der Waals surface area contributed by atoms with Gasteiger partial charge in [0.1, 0.15) is 11.6 Å². The molecule has 2 rings (SSSR count). The molecule has 0 unspecified atom stereocenters. The molecular weight excluding hydrogens is 350 g/mol. The van der Waals surface area contributed by atoms with Crippen LogP contribution in [0.4, 0.5) is 14.5 Å². The molecule has 0 saturated heterocycles. The van der Waals surface area contributed by atoms with Gasteiger partial charge in [0, 0.05) is 22.1 Å². The van der Waals surface area contributed by atoms with Gasteiger partial charge in [-0.2, -0.15) is 5.26 Å². The number of hydrogen-bond acceptors (Lipinski definition) is 2. The summed E-state index contributed by atoms with van der Waals surface area (Å²) in [5.74, 6) is -1.35. The van der Waals surface area contributed by atoms with Gasteiger partial charge in [-0.15, -0.1) is 0 Å². The van der Waals surface area contributed by atoms with Crippen LogP contribution >= 0.6 is 27.5 Å². The van der Waals surface area contributed by atoms with Crippen LogP contribution in [0.15, 0.2) is 34.8 Å². The first-order chi connectivity index (χ1) is 9.51. The van der Waals surface area contributed by atoms with Gasteiger partial charge in [0.15, 0.2) is 0 Å². The van der Waals surface area contributed by atoms with Crippen molar-refractivity contribution in [1.29, 1.82) is 5.26 Å². The second kappa shape index (κ2) is 6.21. The minimum absolute atomic E-state index is 0.159. The van der Waals surface area contributed by atoms with Crippen LogP contribution in [-0.2, 0) is 6.54 Å². The monoisotopic (exact) mass is 356 g/mol. The number of anilines is 1. The van der Waals surface area contributed by atoms with Crippen LogP contribution in [0.3, 0.4) is 0 Å². The maximum absolute atomic E-state index is 13.6. The molecule has 6 heteroatoms. The number of nitrogens with zero attached hydrogens (tertiary/aromatic N) is 1. The Hall–Kier alpha value is -1.64. The summed E-state index contributed by atoms with van der Waals surface area (Å²) in [7, 11) is 0. The van der Waals surface area contributed by atoms with E-state index in [4.69, 9.17) is 16.9 Å². The molecule has 2 aromatic carbocycles. The van der Waals surface area contributed by atoms with Crippen molar-refractivity contribution in [2.45, 2.75) is 6.54 Å². The average Bonchev–Trinajstić information content (AvgIpc) is 2.39. The molecule has 2 aromatic rings. The third-order valence-corrected chi connectivity index (χ3v) is 3.62. The molecule has 0 aliphatic carbocycles. The molecule has 102 valence electrons. The van der Waals surface area contributed by atoms with E-state index >= 15 is 0 Å². The highest BCUT2D eigenvalue weighted by atomic mass is 79.9. The van der Waals surface area contributed by atoms with Crippen LogP contribution in [0.2, 0.25) is 5.02 Å². The Labute approximate surface area is 128 Å². The highest BCUT2D eigenvalue weighted by molar-refractivity contribution is 9.10. The summed E-state index contributed by atoms with van der Waals surface area (Å²) in [6.07, 6.45) is 0. The Balaban J connectivity index is 2.20. The van der Waals surface area contributed by atoms with Gasteiger partial charge >= 0.3 is 0 Å². The van der Waals surface area contributed by atoms with Gasteiger partial charge in [0.2, 0.25) is 0 Å². The fourth-order valence-electron chi connectivity index (χ4n) is 1.65. The lowest BCUT2D eigenvalue weighted by molar-refractivity contribution is 0.583. The zero-order valence-electron chi connectivity index (χ0n) is 10.1. The van der Waals surface area contributed by atoms with Crippen molar-refractivity contribution in [3.63, 3.8) is 0 Å². The third kappa shape index (κ3) is 3.27. The van der Waals surface area contributed by atoms with Crippen molar-refractivity contribution in [3.05, 3.63) is 62.6 Å². The number of benzene rings is 2. The van der Waals surface area contributed by atoms with E-state index in [0.717, 1.165) is 6.07 Å². The van der Waals surface area contributed by atoms with Crippen LogP contribution in [0, 0.1) is 23.0 Å². The van der Waals surface area contributed by atoms with Gasteiger partial charge in [0.25, 0.3) is 0 Å². The number of hydrogen-bond donors (Lipinski definition) is 1. The van der Waals surface area contributed by atoms with E-state index in [1.807, 2.05) is 6.07 Å². The lowest BCUT2D eigenvalue weighted by Gasteiger charge is -2.11. The second-order valence-electron chi connectivity index (χ2n) is 4.02. The molecule has 0 amide bonds. The van der Waals surface area contributed by atoms with E-state index in [2.05, 4.69) is 21.2 Å². The Kier molecular flexibility index (Phi) is 4.58. The maximum atomic E-state index is 13.6. The molecule has 1 N–H and O–H groups in total. The van der Waals surface area contributed by atoms with E-state index in [-0.39, 0.29) is 12.2 Å². The van der Waals surface area contributed by atoms with Gasteiger partial charge in [-0.25, -0.2) is 8.78 Å². The summed E-state index contributed by atoms with van der Waals surface area (Å²) in [4.78, 5) is 0. The summed E-state index contributed by atoms with van der Waals surface area (Å²) < 4.78 is 26.9. The summed E-state index contributed by atoms with van der Waals surface area (Å²) in [5.41, 5.74) is 1.32. The average molecular weight is 358 g/mol. The zero-order valence-corrected chi connectivity index (χ0v) is 12.4. The van der Waals surface area contributed by atoms with E-state index in [0.29, 0.717) is 20.6 Å². The number of nitriles is 1. The first kappa shape index (κ1) is 14.8. The second-order valence-corrected chi connectivity index (χ2v) is 5.28. The Morgan fingerprint density at radius 3 is 2.60 bits per heavy atom. The molecule has 0 fully saturated rings. The van der Waals surface area contributed by atoms with E-state index in [9.17, 15) is 8.78 Å².